The normalized spacial score (nSPS) is 21.4. The topological polar surface area (TPSA) is 45.3 Å². The minimum Gasteiger partial charge on any atom is -0.365 e. The average molecular weight is 487 g/mol. The molecule has 36 heavy (non-hydrogen) atoms. The number of nitrogens with one attached hydrogen (secondary N) is 1. The lowest BCUT2D eigenvalue weighted by molar-refractivity contribution is -0.138. The van der Waals surface area contributed by atoms with Gasteiger partial charge in [0.25, 0.3) is 0 Å². The maximum absolute atomic E-state index is 13.6. The van der Waals surface area contributed by atoms with E-state index >= 15 is 0 Å². The Balaban J connectivity index is 1.18. The summed E-state index contributed by atoms with van der Waals surface area (Å²) in [5, 5.41) is 1.10. The number of aromatic amines is 1. The lowest BCUT2D eigenvalue weighted by Gasteiger charge is -2.40. The van der Waals surface area contributed by atoms with E-state index in [4.69, 9.17) is 4.74 Å². The highest BCUT2D eigenvalue weighted by Crippen LogP contribution is 2.40. The third-order valence-electron chi connectivity index (χ3n) is 7.67. The Morgan fingerprint density at radius 2 is 1.47 bits per heavy atom. The summed E-state index contributed by atoms with van der Waals surface area (Å²) in [5.41, 5.74) is 3.73. The summed E-state index contributed by atoms with van der Waals surface area (Å²) in [6.07, 6.45) is 5.32. The lowest BCUT2D eigenvalue weighted by atomic mass is 9.96. The van der Waals surface area contributed by atoms with Gasteiger partial charge in [-0.25, -0.2) is 8.78 Å². The Morgan fingerprint density at radius 3 is 2.08 bits per heavy atom. The molecule has 0 spiro atoms. The average Bonchev–Trinajstić information content (AvgIpc) is 3.41. The van der Waals surface area contributed by atoms with Crippen LogP contribution in [0.15, 0.2) is 79.0 Å². The van der Waals surface area contributed by atoms with Crippen LogP contribution in [-0.2, 0) is 16.0 Å². The first-order valence-corrected chi connectivity index (χ1v) is 12.6. The number of hydrogen-bond acceptors (Lipinski definition) is 2. The number of ether oxygens (including phenoxy) is 1. The molecule has 2 aliphatic rings. The summed E-state index contributed by atoms with van der Waals surface area (Å²) in [6.45, 7) is 0. The van der Waals surface area contributed by atoms with Crippen LogP contribution in [0.25, 0.3) is 10.9 Å². The molecule has 6 rings (SSSR count). The summed E-state index contributed by atoms with van der Waals surface area (Å²) in [5.74, 6) is -0.451. The van der Waals surface area contributed by atoms with Crippen LogP contribution in [0.3, 0.4) is 0 Å². The number of benzene rings is 3. The van der Waals surface area contributed by atoms with Crippen molar-refractivity contribution in [2.24, 2.45) is 0 Å². The minimum atomic E-state index is -0.427. The summed E-state index contributed by atoms with van der Waals surface area (Å²) >= 11 is 0. The van der Waals surface area contributed by atoms with Crippen molar-refractivity contribution in [3.63, 3.8) is 0 Å². The molecule has 1 N–H and O–H groups in total. The molecule has 4 aromatic rings. The molecule has 1 amide bonds. The van der Waals surface area contributed by atoms with Gasteiger partial charge in [-0.1, -0.05) is 42.5 Å². The fraction of sp³-hybridized carbons (Fsp3) is 0.300. The largest absolute Gasteiger partial charge is 0.365 e. The summed E-state index contributed by atoms with van der Waals surface area (Å²) in [4.78, 5) is 18.8. The van der Waals surface area contributed by atoms with E-state index in [9.17, 15) is 13.6 Å². The molecule has 1 unspecified atom stereocenters. The van der Waals surface area contributed by atoms with Crippen molar-refractivity contribution in [2.75, 3.05) is 0 Å². The third kappa shape index (κ3) is 4.42. The Kier molecular flexibility index (Phi) is 6.05. The summed E-state index contributed by atoms with van der Waals surface area (Å²) in [6, 6.07) is 20.9. The summed E-state index contributed by atoms with van der Waals surface area (Å²) in [7, 11) is 0. The number of nitrogens with zero attached hydrogens (tertiary/aromatic N) is 1. The number of aromatic nitrogens is 1. The zero-order chi connectivity index (χ0) is 24.6. The van der Waals surface area contributed by atoms with Gasteiger partial charge in [0.15, 0.2) is 0 Å². The molecule has 2 saturated heterocycles. The molecule has 2 aliphatic heterocycles. The second-order valence-corrected chi connectivity index (χ2v) is 9.93. The van der Waals surface area contributed by atoms with Gasteiger partial charge in [-0.2, -0.15) is 0 Å². The highest BCUT2D eigenvalue weighted by Gasteiger charge is 2.44. The van der Waals surface area contributed by atoms with E-state index in [0.717, 1.165) is 53.3 Å². The smallest absolute Gasteiger partial charge is 0.227 e. The van der Waals surface area contributed by atoms with Crippen LogP contribution in [0.4, 0.5) is 8.78 Å². The highest BCUT2D eigenvalue weighted by atomic mass is 19.1. The molecular formula is C30H28F2N2O2. The molecule has 0 saturated carbocycles. The van der Waals surface area contributed by atoms with Gasteiger partial charge in [0, 0.05) is 29.2 Å². The van der Waals surface area contributed by atoms with Gasteiger partial charge in [0.2, 0.25) is 5.91 Å². The maximum atomic E-state index is 13.6. The van der Waals surface area contributed by atoms with Crippen molar-refractivity contribution in [1.82, 2.24) is 9.88 Å². The van der Waals surface area contributed by atoms with Crippen molar-refractivity contribution in [1.29, 1.82) is 0 Å². The van der Waals surface area contributed by atoms with E-state index < -0.39 is 6.10 Å². The SMILES string of the molecule is O=C(Cc1c[nH]c2ccccc12)N1[C@@H]2CC[C@H]1CC(OC(c1ccc(F)cc1)c1ccc(F)cc1)C2. The molecule has 3 atom stereocenters. The number of para-hydroxylation sites is 1. The number of hydrogen-bond donors (Lipinski definition) is 1. The molecule has 0 radical (unpaired) electrons. The third-order valence-corrected chi connectivity index (χ3v) is 7.67. The van der Waals surface area contributed by atoms with Gasteiger partial charge >= 0.3 is 0 Å². The fourth-order valence-corrected chi connectivity index (χ4v) is 5.99. The van der Waals surface area contributed by atoms with Crippen molar-refractivity contribution < 1.29 is 18.3 Å². The number of carbonyl (C=O) groups excluding carboxylic acids is 1. The predicted octanol–water partition coefficient (Wildman–Crippen LogP) is 6.32. The van der Waals surface area contributed by atoms with Crippen LogP contribution in [0.2, 0.25) is 0 Å². The molecule has 0 aliphatic carbocycles. The Bertz CT molecular complexity index is 1310. The molecule has 2 fully saturated rings. The van der Waals surface area contributed by atoms with Crippen molar-refractivity contribution in [3.05, 3.63) is 107 Å². The maximum Gasteiger partial charge on any atom is 0.227 e. The zero-order valence-corrected chi connectivity index (χ0v) is 19.9. The van der Waals surface area contributed by atoms with Crippen molar-refractivity contribution >= 4 is 16.8 Å². The number of carbonyl (C=O) groups is 1. The molecule has 3 aromatic carbocycles. The van der Waals surface area contributed by atoms with Crippen LogP contribution in [0.1, 0.15) is 48.5 Å². The molecule has 4 nitrogen and oxygen atoms in total. The van der Waals surface area contributed by atoms with Crippen LogP contribution in [0.5, 0.6) is 0 Å². The zero-order valence-electron chi connectivity index (χ0n) is 19.9. The van der Waals surface area contributed by atoms with E-state index in [-0.39, 0.29) is 35.7 Å². The molecule has 3 heterocycles. The van der Waals surface area contributed by atoms with E-state index in [0.29, 0.717) is 6.42 Å². The lowest BCUT2D eigenvalue weighted by Crippen LogP contribution is -2.49. The number of piperidine rings is 1. The van der Waals surface area contributed by atoms with Gasteiger partial charge in [-0.3, -0.25) is 4.79 Å². The van der Waals surface area contributed by atoms with Crippen LogP contribution in [-0.4, -0.2) is 34.0 Å². The molecule has 184 valence electrons. The Hall–Kier alpha value is -3.51. The second kappa shape index (κ2) is 9.51. The van der Waals surface area contributed by atoms with Gasteiger partial charge in [-0.05, 0) is 72.7 Å². The summed E-state index contributed by atoms with van der Waals surface area (Å²) < 4.78 is 33.8. The predicted molar refractivity (Wildman–Crippen MR) is 134 cm³/mol. The molecule has 2 bridgehead atoms. The first-order valence-electron chi connectivity index (χ1n) is 12.6. The fourth-order valence-electron chi connectivity index (χ4n) is 5.99. The first kappa shape index (κ1) is 22.9. The van der Waals surface area contributed by atoms with E-state index in [1.807, 2.05) is 30.5 Å². The number of fused-ring (bicyclic) bond motifs is 3. The molecular weight excluding hydrogens is 458 g/mol. The quantitative estimate of drug-likeness (QED) is 0.347. The van der Waals surface area contributed by atoms with Crippen LogP contribution in [0, 0.1) is 11.6 Å². The second-order valence-electron chi connectivity index (χ2n) is 9.93. The number of rotatable bonds is 6. The van der Waals surface area contributed by atoms with Crippen LogP contribution >= 0.6 is 0 Å². The van der Waals surface area contributed by atoms with Gasteiger partial charge in [0.1, 0.15) is 17.7 Å². The standard InChI is InChI=1S/C30H28F2N2O2/c31-22-9-5-19(6-10-22)30(20-7-11-23(32)12-8-20)36-26-16-24-13-14-25(17-26)34(24)29(35)15-21-18-33-28-4-2-1-3-27(21)28/h1-12,18,24-26,30,33H,13-17H2/t24-,25+,26?. The number of H-pyrrole nitrogens is 1. The van der Waals surface area contributed by atoms with Crippen molar-refractivity contribution in [3.8, 4) is 0 Å². The van der Waals surface area contributed by atoms with E-state index in [2.05, 4.69) is 9.88 Å². The van der Waals surface area contributed by atoms with Crippen molar-refractivity contribution in [2.45, 2.75) is 56.4 Å². The highest BCUT2D eigenvalue weighted by molar-refractivity contribution is 5.89. The monoisotopic (exact) mass is 486 g/mol. The Labute approximate surface area is 208 Å². The van der Waals surface area contributed by atoms with Crippen LogP contribution < -0.4 is 0 Å². The minimum absolute atomic E-state index is 0.0419. The first-order chi connectivity index (χ1) is 17.5. The Morgan fingerprint density at radius 1 is 0.889 bits per heavy atom. The molecule has 6 heteroatoms. The van der Waals surface area contributed by atoms with Gasteiger partial charge in [-0.15, -0.1) is 0 Å². The molecule has 1 aromatic heterocycles. The van der Waals surface area contributed by atoms with E-state index in [1.54, 1.807) is 24.3 Å². The number of amides is 1. The van der Waals surface area contributed by atoms with Gasteiger partial charge < -0.3 is 14.6 Å². The van der Waals surface area contributed by atoms with E-state index in [1.165, 1.54) is 24.3 Å². The van der Waals surface area contributed by atoms with Gasteiger partial charge in [0.05, 0.1) is 12.5 Å². The number of halogens is 2.